The molecule has 0 radical (unpaired) electrons. The molecule has 1 aromatic rings. The molecule has 5 nitrogen and oxygen atoms in total. The van der Waals surface area contributed by atoms with Gasteiger partial charge in [-0.25, -0.2) is 0 Å². The van der Waals surface area contributed by atoms with E-state index in [0.717, 1.165) is 11.1 Å². The van der Waals surface area contributed by atoms with Crippen molar-refractivity contribution in [2.24, 2.45) is 0 Å². The Bertz CT molecular complexity index is 539. The van der Waals surface area contributed by atoms with E-state index < -0.39 is 0 Å². The lowest BCUT2D eigenvalue weighted by molar-refractivity contribution is -0.142. The van der Waals surface area contributed by atoms with Crippen LogP contribution in [-0.2, 0) is 14.3 Å². The van der Waals surface area contributed by atoms with E-state index in [2.05, 4.69) is 11.3 Å². The highest BCUT2D eigenvalue weighted by Gasteiger charge is 2.15. The van der Waals surface area contributed by atoms with Gasteiger partial charge in [-0.1, -0.05) is 18.2 Å². The van der Waals surface area contributed by atoms with Gasteiger partial charge in [0.2, 0.25) is 0 Å². The van der Waals surface area contributed by atoms with Gasteiger partial charge in [0.05, 0.1) is 13.5 Å². The van der Waals surface area contributed by atoms with E-state index >= 15 is 0 Å². The third-order valence-electron chi connectivity index (χ3n) is 3.21. The molecule has 0 heterocycles. The van der Waals surface area contributed by atoms with Crippen LogP contribution in [0.2, 0.25) is 0 Å². The standard InChI is InChI=1S/C17H23NO4/c1-5-9-18(10-8-17(20)21-4)16(19)12-22-15-11-13(2)6-7-14(15)3/h5-7,11H,1,8-10,12H2,2-4H3. The molecule has 0 atom stereocenters. The number of rotatable bonds is 8. The number of carbonyl (C=O) groups is 2. The number of ether oxygens (including phenoxy) is 2. The Balaban J connectivity index is 2.60. The average Bonchev–Trinajstić information content (AvgIpc) is 2.51. The highest BCUT2D eigenvalue weighted by Crippen LogP contribution is 2.19. The summed E-state index contributed by atoms with van der Waals surface area (Å²) in [4.78, 5) is 24.9. The number of methoxy groups -OCH3 is 1. The maximum absolute atomic E-state index is 12.2. The van der Waals surface area contributed by atoms with Crippen LogP contribution in [0.5, 0.6) is 5.75 Å². The molecule has 0 bridgehead atoms. The first-order valence-corrected chi connectivity index (χ1v) is 7.13. The number of amides is 1. The SMILES string of the molecule is C=CCN(CCC(=O)OC)C(=O)COc1cc(C)ccc1C. The second-order valence-electron chi connectivity index (χ2n) is 5.01. The normalized spacial score (nSPS) is 9.95. The van der Waals surface area contributed by atoms with Crippen LogP contribution in [0, 0.1) is 13.8 Å². The third-order valence-corrected chi connectivity index (χ3v) is 3.21. The number of nitrogens with zero attached hydrogens (tertiary/aromatic N) is 1. The van der Waals surface area contributed by atoms with Gasteiger partial charge in [0, 0.05) is 13.1 Å². The minimum atomic E-state index is -0.350. The molecule has 1 amide bonds. The predicted molar refractivity (Wildman–Crippen MR) is 84.8 cm³/mol. The van der Waals surface area contributed by atoms with E-state index in [-0.39, 0.29) is 31.4 Å². The molecule has 120 valence electrons. The van der Waals surface area contributed by atoms with Gasteiger partial charge in [0.1, 0.15) is 5.75 Å². The van der Waals surface area contributed by atoms with Crippen molar-refractivity contribution in [1.29, 1.82) is 0 Å². The summed E-state index contributed by atoms with van der Waals surface area (Å²) in [6.07, 6.45) is 1.77. The number of aryl methyl sites for hydroxylation is 2. The molecule has 0 spiro atoms. The van der Waals surface area contributed by atoms with Gasteiger partial charge in [-0.15, -0.1) is 6.58 Å². The minimum absolute atomic E-state index is 0.0701. The Hall–Kier alpha value is -2.30. The fourth-order valence-corrected chi connectivity index (χ4v) is 1.90. The third kappa shape index (κ3) is 5.60. The van der Waals surface area contributed by atoms with Gasteiger partial charge >= 0.3 is 5.97 Å². The van der Waals surface area contributed by atoms with E-state index in [0.29, 0.717) is 12.3 Å². The number of hydrogen-bond donors (Lipinski definition) is 0. The molecule has 1 aromatic carbocycles. The molecule has 0 saturated carbocycles. The minimum Gasteiger partial charge on any atom is -0.483 e. The topological polar surface area (TPSA) is 55.8 Å². The van der Waals surface area contributed by atoms with Crippen LogP contribution in [0.3, 0.4) is 0 Å². The highest BCUT2D eigenvalue weighted by atomic mass is 16.5. The first-order valence-electron chi connectivity index (χ1n) is 7.13. The van der Waals surface area contributed by atoms with Crippen molar-refractivity contribution in [1.82, 2.24) is 4.90 Å². The van der Waals surface area contributed by atoms with Gasteiger partial charge in [-0.2, -0.15) is 0 Å². The smallest absolute Gasteiger partial charge is 0.307 e. The summed E-state index contributed by atoms with van der Waals surface area (Å²) >= 11 is 0. The zero-order valence-corrected chi connectivity index (χ0v) is 13.4. The Labute approximate surface area is 131 Å². The molecule has 22 heavy (non-hydrogen) atoms. The van der Waals surface area contributed by atoms with Crippen molar-refractivity contribution in [3.8, 4) is 5.75 Å². The van der Waals surface area contributed by atoms with Crippen LogP contribution in [-0.4, -0.2) is 43.6 Å². The van der Waals surface area contributed by atoms with E-state index in [4.69, 9.17) is 4.74 Å². The number of esters is 1. The van der Waals surface area contributed by atoms with E-state index in [9.17, 15) is 9.59 Å². The van der Waals surface area contributed by atoms with Crippen LogP contribution in [0.4, 0.5) is 0 Å². The summed E-state index contributed by atoms with van der Waals surface area (Å²) in [5.41, 5.74) is 2.05. The average molecular weight is 305 g/mol. The lowest BCUT2D eigenvalue weighted by Gasteiger charge is -2.21. The van der Waals surface area contributed by atoms with Crippen molar-refractivity contribution in [2.75, 3.05) is 26.8 Å². The second kappa shape index (κ2) is 8.87. The van der Waals surface area contributed by atoms with Crippen LogP contribution in [0.25, 0.3) is 0 Å². The van der Waals surface area contributed by atoms with Gasteiger partial charge in [0.15, 0.2) is 6.61 Å². The predicted octanol–water partition coefficient (Wildman–Crippen LogP) is 2.26. The quantitative estimate of drug-likeness (QED) is 0.546. The maximum atomic E-state index is 12.2. The molecular formula is C17H23NO4. The largest absolute Gasteiger partial charge is 0.483 e. The molecule has 0 unspecified atom stereocenters. The van der Waals surface area contributed by atoms with Crippen LogP contribution in [0.15, 0.2) is 30.9 Å². The van der Waals surface area contributed by atoms with E-state index in [1.54, 1.807) is 6.08 Å². The molecule has 0 fully saturated rings. The molecule has 0 aliphatic rings. The van der Waals surface area contributed by atoms with Crippen molar-refractivity contribution < 1.29 is 19.1 Å². The zero-order chi connectivity index (χ0) is 16.5. The molecule has 0 aromatic heterocycles. The maximum Gasteiger partial charge on any atom is 0.307 e. The number of carbonyl (C=O) groups excluding carboxylic acids is 2. The van der Waals surface area contributed by atoms with Gasteiger partial charge in [-0.3, -0.25) is 9.59 Å². The van der Waals surface area contributed by atoms with Crippen molar-refractivity contribution >= 4 is 11.9 Å². The molecule has 0 N–H and O–H groups in total. The molecule has 0 saturated heterocycles. The fourth-order valence-electron chi connectivity index (χ4n) is 1.90. The summed E-state index contributed by atoms with van der Waals surface area (Å²) in [6.45, 7) is 8.10. The van der Waals surface area contributed by atoms with Crippen molar-refractivity contribution in [3.05, 3.63) is 42.0 Å². The van der Waals surface area contributed by atoms with Crippen LogP contribution >= 0.6 is 0 Å². The summed E-state index contributed by atoms with van der Waals surface area (Å²) in [5, 5.41) is 0. The monoisotopic (exact) mass is 305 g/mol. The Kier molecular flexibility index (Phi) is 7.16. The summed E-state index contributed by atoms with van der Waals surface area (Å²) < 4.78 is 10.2. The molecule has 1 rings (SSSR count). The van der Waals surface area contributed by atoms with Gasteiger partial charge in [0.25, 0.3) is 5.91 Å². The summed E-state index contributed by atoms with van der Waals surface area (Å²) in [7, 11) is 1.33. The van der Waals surface area contributed by atoms with Crippen molar-refractivity contribution in [2.45, 2.75) is 20.3 Å². The fraction of sp³-hybridized carbons (Fsp3) is 0.412. The van der Waals surface area contributed by atoms with E-state index in [1.807, 2.05) is 32.0 Å². The Morgan fingerprint density at radius 1 is 1.32 bits per heavy atom. The van der Waals surface area contributed by atoms with Gasteiger partial charge < -0.3 is 14.4 Å². The van der Waals surface area contributed by atoms with Crippen molar-refractivity contribution in [3.63, 3.8) is 0 Å². The molecular weight excluding hydrogens is 282 g/mol. The Morgan fingerprint density at radius 2 is 2.05 bits per heavy atom. The summed E-state index contributed by atoms with van der Waals surface area (Å²) in [5.74, 6) is 0.155. The first-order chi connectivity index (χ1) is 10.5. The highest BCUT2D eigenvalue weighted by molar-refractivity contribution is 5.79. The Morgan fingerprint density at radius 3 is 2.68 bits per heavy atom. The lowest BCUT2D eigenvalue weighted by Crippen LogP contribution is -2.36. The second-order valence-corrected chi connectivity index (χ2v) is 5.01. The molecule has 0 aliphatic heterocycles. The zero-order valence-electron chi connectivity index (χ0n) is 13.4. The molecule has 5 heteroatoms. The first kappa shape index (κ1) is 17.8. The number of hydrogen-bond acceptors (Lipinski definition) is 4. The van der Waals surface area contributed by atoms with E-state index in [1.165, 1.54) is 12.0 Å². The molecule has 0 aliphatic carbocycles. The van der Waals surface area contributed by atoms with Gasteiger partial charge in [-0.05, 0) is 31.0 Å². The van der Waals surface area contributed by atoms with Crippen LogP contribution in [0.1, 0.15) is 17.5 Å². The summed E-state index contributed by atoms with van der Waals surface area (Å²) in [6, 6.07) is 5.84. The lowest BCUT2D eigenvalue weighted by atomic mass is 10.1. The number of benzene rings is 1. The van der Waals surface area contributed by atoms with Crippen LogP contribution < -0.4 is 4.74 Å².